The average Bonchev–Trinajstić information content (AvgIpc) is 2.30. The zero-order chi connectivity index (χ0) is 9.47. The molecule has 1 aliphatic rings. The Labute approximate surface area is 82.5 Å². The quantitative estimate of drug-likeness (QED) is 0.737. The summed E-state index contributed by atoms with van der Waals surface area (Å²) in [5.41, 5.74) is -0.0155. The fourth-order valence-corrected chi connectivity index (χ4v) is 1.88. The van der Waals surface area contributed by atoms with Crippen molar-refractivity contribution in [2.45, 2.75) is 38.5 Å². The number of halogens is 1. The SMILES string of the molecule is CC(C)(c1nnc(Cl)o1)C1CCC1. The van der Waals surface area contributed by atoms with Crippen molar-refractivity contribution in [1.29, 1.82) is 0 Å². The van der Waals surface area contributed by atoms with Gasteiger partial charge < -0.3 is 4.42 Å². The largest absolute Gasteiger partial charge is 0.412 e. The van der Waals surface area contributed by atoms with Crippen molar-refractivity contribution in [2.75, 3.05) is 0 Å². The molecule has 0 amide bonds. The standard InChI is InChI=1S/C9H13ClN2O/c1-9(2,6-4-3-5-6)7-11-12-8(10)13-7/h6H,3-5H2,1-2H3. The van der Waals surface area contributed by atoms with Gasteiger partial charge in [-0.05, 0) is 30.4 Å². The summed E-state index contributed by atoms with van der Waals surface area (Å²) in [5, 5.41) is 7.76. The number of hydrogen-bond donors (Lipinski definition) is 0. The molecule has 0 N–H and O–H groups in total. The van der Waals surface area contributed by atoms with Crippen LogP contribution in [0.25, 0.3) is 0 Å². The highest BCUT2D eigenvalue weighted by Gasteiger charge is 2.39. The molecule has 0 spiro atoms. The molecule has 0 aromatic carbocycles. The molecular weight excluding hydrogens is 188 g/mol. The van der Waals surface area contributed by atoms with Crippen molar-refractivity contribution in [3.05, 3.63) is 11.2 Å². The Balaban J connectivity index is 2.22. The molecule has 1 aromatic rings. The smallest absolute Gasteiger partial charge is 0.312 e. The monoisotopic (exact) mass is 200 g/mol. The zero-order valence-electron chi connectivity index (χ0n) is 7.88. The third-order valence-corrected chi connectivity index (χ3v) is 3.23. The Morgan fingerprint density at radius 2 is 2.08 bits per heavy atom. The molecule has 0 bridgehead atoms. The van der Waals surface area contributed by atoms with Gasteiger partial charge in [0, 0.05) is 5.41 Å². The minimum atomic E-state index is -0.0155. The van der Waals surface area contributed by atoms with Crippen molar-refractivity contribution in [3.63, 3.8) is 0 Å². The summed E-state index contributed by atoms with van der Waals surface area (Å²) in [6.45, 7) is 4.28. The highest BCUT2D eigenvalue weighted by molar-refractivity contribution is 6.27. The summed E-state index contributed by atoms with van der Waals surface area (Å²) in [6, 6.07) is 0. The van der Waals surface area contributed by atoms with Crippen molar-refractivity contribution in [2.24, 2.45) is 5.92 Å². The Morgan fingerprint density at radius 3 is 2.46 bits per heavy atom. The third kappa shape index (κ3) is 1.46. The first-order valence-electron chi connectivity index (χ1n) is 4.60. The van der Waals surface area contributed by atoms with Crippen LogP contribution in [0.2, 0.25) is 5.35 Å². The number of rotatable bonds is 2. The van der Waals surface area contributed by atoms with Crippen LogP contribution in [0.3, 0.4) is 0 Å². The summed E-state index contributed by atoms with van der Waals surface area (Å²) >= 11 is 5.59. The maximum absolute atomic E-state index is 5.59. The van der Waals surface area contributed by atoms with Gasteiger partial charge in [0.2, 0.25) is 5.89 Å². The first-order chi connectivity index (χ1) is 6.10. The molecule has 0 radical (unpaired) electrons. The molecular formula is C9H13ClN2O. The van der Waals surface area contributed by atoms with E-state index in [1.165, 1.54) is 19.3 Å². The Morgan fingerprint density at radius 1 is 1.38 bits per heavy atom. The van der Waals surface area contributed by atoms with E-state index in [4.69, 9.17) is 16.0 Å². The minimum Gasteiger partial charge on any atom is -0.412 e. The van der Waals surface area contributed by atoms with E-state index in [2.05, 4.69) is 24.0 Å². The third-order valence-electron chi connectivity index (χ3n) is 3.08. The molecule has 1 heterocycles. The molecule has 0 aliphatic heterocycles. The lowest BCUT2D eigenvalue weighted by molar-refractivity contribution is 0.163. The van der Waals surface area contributed by atoms with Gasteiger partial charge in [-0.15, -0.1) is 5.10 Å². The van der Waals surface area contributed by atoms with Crippen molar-refractivity contribution < 1.29 is 4.42 Å². The molecule has 1 aromatic heterocycles. The van der Waals surface area contributed by atoms with E-state index in [1.807, 2.05) is 0 Å². The molecule has 1 aliphatic carbocycles. The maximum Gasteiger partial charge on any atom is 0.312 e. The van der Waals surface area contributed by atoms with Crippen LogP contribution < -0.4 is 0 Å². The van der Waals surface area contributed by atoms with Gasteiger partial charge in [-0.1, -0.05) is 25.4 Å². The Hall–Kier alpha value is -0.570. The second-order valence-corrected chi connectivity index (χ2v) is 4.53. The van der Waals surface area contributed by atoms with Crippen LogP contribution in [-0.4, -0.2) is 10.2 Å². The van der Waals surface area contributed by atoms with Gasteiger partial charge >= 0.3 is 5.35 Å². The van der Waals surface area contributed by atoms with Crippen LogP contribution in [0, 0.1) is 5.92 Å². The van der Waals surface area contributed by atoms with Crippen LogP contribution in [0.4, 0.5) is 0 Å². The molecule has 13 heavy (non-hydrogen) atoms. The highest BCUT2D eigenvalue weighted by Crippen LogP contribution is 2.43. The number of aromatic nitrogens is 2. The van der Waals surface area contributed by atoms with E-state index in [-0.39, 0.29) is 10.8 Å². The van der Waals surface area contributed by atoms with Gasteiger partial charge in [0.05, 0.1) is 0 Å². The van der Waals surface area contributed by atoms with Gasteiger partial charge in [0.25, 0.3) is 0 Å². The van der Waals surface area contributed by atoms with Gasteiger partial charge in [0.15, 0.2) is 0 Å². The van der Waals surface area contributed by atoms with Gasteiger partial charge in [-0.3, -0.25) is 0 Å². The van der Waals surface area contributed by atoms with E-state index >= 15 is 0 Å². The zero-order valence-corrected chi connectivity index (χ0v) is 8.64. The van der Waals surface area contributed by atoms with E-state index in [9.17, 15) is 0 Å². The fraction of sp³-hybridized carbons (Fsp3) is 0.778. The molecule has 0 atom stereocenters. The van der Waals surface area contributed by atoms with Gasteiger partial charge in [0.1, 0.15) is 0 Å². The van der Waals surface area contributed by atoms with E-state index in [1.54, 1.807) is 0 Å². The van der Waals surface area contributed by atoms with Crippen LogP contribution in [0.15, 0.2) is 4.42 Å². The molecule has 2 rings (SSSR count). The molecule has 72 valence electrons. The highest BCUT2D eigenvalue weighted by atomic mass is 35.5. The van der Waals surface area contributed by atoms with Gasteiger partial charge in [-0.2, -0.15) is 0 Å². The maximum atomic E-state index is 5.59. The summed E-state index contributed by atoms with van der Waals surface area (Å²) < 4.78 is 5.25. The van der Waals surface area contributed by atoms with E-state index < -0.39 is 0 Å². The van der Waals surface area contributed by atoms with Crippen LogP contribution >= 0.6 is 11.6 Å². The topological polar surface area (TPSA) is 38.9 Å². The van der Waals surface area contributed by atoms with Crippen LogP contribution in [0.5, 0.6) is 0 Å². The van der Waals surface area contributed by atoms with E-state index in [0.29, 0.717) is 11.8 Å². The molecule has 3 nitrogen and oxygen atoms in total. The second kappa shape index (κ2) is 2.98. The van der Waals surface area contributed by atoms with Crippen LogP contribution in [0.1, 0.15) is 39.0 Å². The molecule has 1 fully saturated rings. The first kappa shape index (κ1) is 9.00. The van der Waals surface area contributed by atoms with Gasteiger partial charge in [-0.25, -0.2) is 0 Å². The Kier molecular flexibility index (Phi) is 2.06. The normalized spacial score (nSPS) is 18.7. The Bertz CT molecular complexity index is 304. The number of hydrogen-bond acceptors (Lipinski definition) is 3. The summed E-state index contributed by atoms with van der Waals surface area (Å²) in [4.78, 5) is 0. The summed E-state index contributed by atoms with van der Waals surface area (Å²) in [7, 11) is 0. The van der Waals surface area contributed by atoms with E-state index in [0.717, 1.165) is 0 Å². The molecule has 0 unspecified atom stereocenters. The molecule has 4 heteroatoms. The lowest BCUT2D eigenvalue weighted by Gasteiger charge is -2.37. The average molecular weight is 201 g/mol. The van der Waals surface area contributed by atoms with Crippen LogP contribution in [-0.2, 0) is 5.41 Å². The van der Waals surface area contributed by atoms with Crippen molar-refractivity contribution >= 4 is 11.6 Å². The van der Waals surface area contributed by atoms with Crippen molar-refractivity contribution in [1.82, 2.24) is 10.2 Å². The molecule has 1 saturated carbocycles. The number of nitrogens with zero attached hydrogens (tertiary/aromatic N) is 2. The minimum absolute atomic E-state index is 0.0155. The second-order valence-electron chi connectivity index (χ2n) is 4.21. The predicted octanol–water partition coefficient (Wildman–Crippen LogP) is 2.80. The summed E-state index contributed by atoms with van der Waals surface area (Å²) in [6.07, 6.45) is 3.83. The summed E-state index contributed by atoms with van der Waals surface area (Å²) in [5.74, 6) is 1.34. The predicted molar refractivity (Wildman–Crippen MR) is 49.7 cm³/mol. The lowest BCUT2D eigenvalue weighted by atomic mass is 9.67. The van der Waals surface area contributed by atoms with Crippen molar-refractivity contribution in [3.8, 4) is 0 Å². The fourth-order valence-electron chi connectivity index (χ4n) is 1.77. The lowest BCUT2D eigenvalue weighted by Crippen LogP contribution is -2.33. The molecule has 0 saturated heterocycles. The first-order valence-corrected chi connectivity index (χ1v) is 4.98.